The second-order valence-electron chi connectivity index (χ2n) is 2.12. The minimum Gasteiger partial charge on any atom is -0.465 e. The fourth-order valence-electron chi connectivity index (χ4n) is 0.502. The zero-order chi connectivity index (χ0) is 10.5. The van der Waals surface area contributed by atoms with E-state index in [0.717, 1.165) is 0 Å². The van der Waals surface area contributed by atoms with Crippen LogP contribution in [0.2, 0.25) is 0 Å². The molecule has 86 valence electrons. The Kier molecular flexibility index (Phi) is 8.37. The minimum atomic E-state index is -4.36. The van der Waals surface area contributed by atoms with Crippen molar-refractivity contribution < 1.29 is 22.7 Å². The van der Waals surface area contributed by atoms with Gasteiger partial charge in [0.25, 0.3) is 0 Å². The van der Waals surface area contributed by atoms with Crippen LogP contribution in [-0.2, 0) is 9.53 Å². The zero-order valence-electron chi connectivity index (χ0n) is 7.34. The summed E-state index contributed by atoms with van der Waals surface area (Å²) in [7, 11) is 0. The maximum atomic E-state index is 11.6. The largest absolute Gasteiger partial charge is 0.465 e. The lowest BCUT2D eigenvalue weighted by Gasteiger charge is -2.11. The number of thioether (sulfide) groups is 1. The van der Waals surface area contributed by atoms with E-state index >= 15 is 0 Å². The van der Waals surface area contributed by atoms with Crippen molar-refractivity contribution in [1.29, 1.82) is 0 Å². The van der Waals surface area contributed by atoms with Crippen molar-refractivity contribution in [3.05, 3.63) is 0 Å². The number of carbonyl (C=O) groups is 1. The third kappa shape index (κ3) is 8.46. The van der Waals surface area contributed by atoms with Crippen LogP contribution in [0.25, 0.3) is 0 Å². The van der Waals surface area contributed by atoms with E-state index < -0.39 is 23.3 Å². The summed E-state index contributed by atoms with van der Waals surface area (Å²) >= 11 is -0.330. The molecule has 0 radical (unpaired) electrons. The van der Waals surface area contributed by atoms with Crippen molar-refractivity contribution in [3.63, 3.8) is 0 Å². The molecule has 0 fully saturated rings. The molecule has 0 spiro atoms. The molecular weight excluding hydrogens is 243 g/mol. The third-order valence-corrected chi connectivity index (χ3v) is 1.87. The SMILES string of the molecule is CCOC(=O)[C@@H](N)CSC(F)(F)F.Cl. The van der Waals surface area contributed by atoms with E-state index in [4.69, 9.17) is 5.73 Å². The predicted molar refractivity (Wildman–Crippen MR) is 50.4 cm³/mol. The number of carbonyl (C=O) groups excluding carboxylic acids is 1. The van der Waals surface area contributed by atoms with Gasteiger partial charge in [0.15, 0.2) is 0 Å². The molecule has 0 aromatic rings. The third-order valence-electron chi connectivity index (χ3n) is 1.02. The number of ether oxygens (including phenoxy) is 1. The van der Waals surface area contributed by atoms with Gasteiger partial charge < -0.3 is 10.5 Å². The molecule has 0 aromatic carbocycles. The minimum absolute atomic E-state index is 0. The second-order valence-corrected chi connectivity index (χ2v) is 3.20. The van der Waals surface area contributed by atoms with Gasteiger partial charge in [-0.1, -0.05) is 0 Å². The van der Waals surface area contributed by atoms with E-state index in [1.54, 1.807) is 6.92 Å². The smallest absolute Gasteiger partial charge is 0.441 e. The van der Waals surface area contributed by atoms with Crippen LogP contribution in [0.1, 0.15) is 6.92 Å². The molecule has 8 heteroatoms. The Bertz CT molecular complexity index is 179. The molecule has 0 aliphatic heterocycles. The zero-order valence-corrected chi connectivity index (χ0v) is 8.97. The van der Waals surface area contributed by atoms with E-state index in [1.165, 1.54) is 0 Å². The van der Waals surface area contributed by atoms with Crippen molar-refractivity contribution in [3.8, 4) is 0 Å². The fraction of sp³-hybridized carbons (Fsp3) is 0.833. The maximum Gasteiger partial charge on any atom is 0.441 e. The van der Waals surface area contributed by atoms with Crippen molar-refractivity contribution in [2.24, 2.45) is 5.73 Å². The van der Waals surface area contributed by atoms with Gasteiger partial charge in [-0.15, -0.1) is 12.4 Å². The van der Waals surface area contributed by atoms with Gasteiger partial charge in [0.2, 0.25) is 0 Å². The van der Waals surface area contributed by atoms with Crippen molar-refractivity contribution >= 4 is 30.1 Å². The Morgan fingerprint density at radius 3 is 2.43 bits per heavy atom. The van der Waals surface area contributed by atoms with Gasteiger partial charge in [-0.25, -0.2) is 0 Å². The van der Waals surface area contributed by atoms with Gasteiger partial charge in [-0.05, 0) is 18.7 Å². The summed E-state index contributed by atoms with van der Waals surface area (Å²) in [4.78, 5) is 10.7. The first-order chi connectivity index (χ1) is 5.87. The Hall–Kier alpha value is -0.140. The lowest BCUT2D eigenvalue weighted by molar-refractivity contribution is -0.144. The van der Waals surface area contributed by atoms with Gasteiger partial charge in [0, 0.05) is 5.75 Å². The van der Waals surface area contributed by atoms with Crippen molar-refractivity contribution in [2.75, 3.05) is 12.4 Å². The average molecular weight is 254 g/mol. The Labute approximate surface area is 90.0 Å². The van der Waals surface area contributed by atoms with Gasteiger partial charge in [0.1, 0.15) is 6.04 Å². The molecule has 1 atom stereocenters. The number of rotatable bonds is 4. The Balaban J connectivity index is 0. The normalized spacial score (nSPS) is 12.9. The number of esters is 1. The van der Waals surface area contributed by atoms with Crippen LogP contribution in [0.4, 0.5) is 13.2 Å². The molecule has 0 saturated heterocycles. The molecule has 0 saturated carbocycles. The van der Waals surface area contributed by atoms with Crippen LogP contribution in [0.5, 0.6) is 0 Å². The predicted octanol–water partition coefficient (Wildman–Crippen LogP) is 1.55. The topological polar surface area (TPSA) is 52.3 Å². The maximum absolute atomic E-state index is 11.6. The highest BCUT2D eigenvalue weighted by atomic mass is 35.5. The molecule has 0 aromatic heterocycles. The quantitative estimate of drug-likeness (QED) is 0.773. The molecule has 2 N–H and O–H groups in total. The average Bonchev–Trinajstić information content (AvgIpc) is 1.99. The highest BCUT2D eigenvalue weighted by Gasteiger charge is 2.30. The molecule has 0 amide bonds. The first-order valence-electron chi connectivity index (χ1n) is 3.49. The lowest BCUT2D eigenvalue weighted by Crippen LogP contribution is -2.35. The highest BCUT2D eigenvalue weighted by molar-refractivity contribution is 8.00. The van der Waals surface area contributed by atoms with Crippen LogP contribution >= 0.6 is 24.2 Å². The standard InChI is InChI=1S/C6H10F3NO2S.ClH/c1-2-12-5(11)4(10)3-13-6(7,8)9;/h4H,2-3,10H2,1H3;1H/t4-;/m0./s1. The van der Waals surface area contributed by atoms with E-state index in [9.17, 15) is 18.0 Å². The first kappa shape index (κ1) is 16.3. The van der Waals surface area contributed by atoms with Crippen LogP contribution in [0, 0.1) is 0 Å². The summed E-state index contributed by atoms with van der Waals surface area (Å²) < 4.78 is 39.3. The van der Waals surface area contributed by atoms with E-state index in [2.05, 4.69) is 4.74 Å². The summed E-state index contributed by atoms with van der Waals surface area (Å²) in [5, 5.41) is 0. The number of alkyl halides is 3. The molecule has 3 nitrogen and oxygen atoms in total. The summed E-state index contributed by atoms with van der Waals surface area (Å²) in [6.45, 7) is 1.67. The molecule has 0 heterocycles. The monoisotopic (exact) mass is 253 g/mol. The molecule has 0 aliphatic carbocycles. The highest BCUT2D eigenvalue weighted by Crippen LogP contribution is 2.30. The summed E-state index contributed by atoms with van der Waals surface area (Å²) in [5.74, 6) is -1.32. The number of nitrogens with two attached hydrogens (primary N) is 1. The lowest BCUT2D eigenvalue weighted by atomic mass is 10.4. The molecule has 0 unspecified atom stereocenters. The van der Waals surface area contributed by atoms with Gasteiger partial charge >= 0.3 is 11.5 Å². The summed E-state index contributed by atoms with van der Waals surface area (Å²) in [6.07, 6.45) is 0. The fourth-order valence-corrected chi connectivity index (χ4v) is 1.01. The summed E-state index contributed by atoms with van der Waals surface area (Å²) in [6, 6.07) is -1.22. The van der Waals surface area contributed by atoms with Crippen LogP contribution in [-0.4, -0.2) is 29.9 Å². The van der Waals surface area contributed by atoms with Crippen LogP contribution < -0.4 is 5.73 Å². The number of hydrogen-bond donors (Lipinski definition) is 1. The molecule has 0 rings (SSSR count). The van der Waals surface area contributed by atoms with E-state index in [-0.39, 0.29) is 30.8 Å². The van der Waals surface area contributed by atoms with Crippen LogP contribution in [0.15, 0.2) is 0 Å². The second kappa shape index (κ2) is 7.19. The van der Waals surface area contributed by atoms with Crippen LogP contribution in [0.3, 0.4) is 0 Å². The van der Waals surface area contributed by atoms with E-state index in [0.29, 0.717) is 0 Å². The molecule has 0 aliphatic rings. The van der Waals surface area contributed by atoms with Gasteiger partial charge in [-0.3, -0.25) is 4.79 Å². The first-order valence-corrected chi connectivity index (χ1v) is 4.48. The van der Waals surface area contributed by atoms with Crippen molar-refractivity contribution in [2.45, 2.75) is 18.5 Å². The Morgan fingerprint density at radius 2 is 2.07 bits per heavy atom. The molecule has 14 heavy (non-hydrogen) atoms. The molecule has 0 bridgehead atoms. The van der Waals surface area contributed by atoms with Gasteiger partial charge in [0.05, 0.1) is 6.61 Å². The Morgan fingerprint density at radius 1 is 1.57 bits per heavy atom. The summed E-state index contributed by atoms with van der Waals surface area (Å²) in [5.41, 5.74) is 0.758. The van der Waals surface area contributed by atoms with Crippen molar-refractivity contribution in [1.82, 2.24) is 0 Å². The number of hydrogen-bond acceptors (Lipinski definition) is 4. The van der Waals surface area contributed by atoms with Gasteiger partial charge in [-0.2, -0.15) is 13.2 Å². The van der Waals surface area contributed by atoms with E-state index in [1.807, 2.05) is 0 Å². The number of halogens is 4. The molecular formula is C6H11ClF3NO2S.